The minimum atomic E-state index is -0.308. The second-order valence-electron chi connectivity index (χ2n) is 8.42. The molecule has 0 saturated heterocycles. The van der Waals surface area contributed by atoms with E-state index in [0.29, 0.717) is 4.48 Å². The van der Waals surface area contributed by atoms with Gasteiger partial charge in [-0.05, 0) is 18.9 Å². The second-order valence-corrected chi connectivity index (χ2v) is 8.42. The van der Waals surface area contributed by atoms with Crippen LogP contribution in [-0.4, -0.2) is 41.8 Å². The first kappa shape index (κ1) is 24.4. The number of hydrogen-bond acceptors (Lipinski definition) is 2. The summed E-state index contributed by atoms with van der Waals surface area (Å²) in [4.78, 5) is 4.35. The van der Waals surface area contributed by atoms with Gasteiger partial charge in [-0.3, -0.25) is 4.48 Å². The van der Waals surface area contributed by atoms with Gasteiger partial charge in [0.1, 0.15) is 13.1 Å². The van der Waals surface area contributed by atoms with E-state index in [0.717, 1.165) is 26.1 Å². The molecule has 0 amide bonds. The molecule has 0 aliphatic carbocycles. The molecule has 3 nitrogen and oxygen atoms in total. The third-order valence-electron chi connectivity index (χ3n) is 6.00. The van der Waals surface area contributed by atoms with Gasteiger partial charge in [0.25, 0.3) is 0 Å². The maximum Gasteiger partial charge on any atom is 0.195 e. The maximum atomic E-state index is 10.3. The highest BCUT2D eigenvalue weighted by Gasteiger charge is 2.34. The second kappa shape index (κ2) is 16.3. The number of nitrogens with zero attached hydrogens (tertiary/aromatic N) is 2. The Labute approximate surface area is 169 Å². The van der Waals surface area contributed by atoms with Crippen molar-refractivity contribution in [2.45, 2.75) is 116 Å². The summed E-state index contributed by atoms with van der Waals surface area (Å²) in [5.74, 6) is 0. The standard InChI is InChI=1S/C24H47N2O/c1-3-5-6-7-8-9-10-11-12-13-14-15-16-17-18-19-21-26(24(27)4-2)22-20-25-23-26/h18-19,23-24,27H,3-17,20-22H2,1-2H3/q+1. The van der Waals surface area contributed by atoms with Gasteiger partial charge in [-0.15, -0.1) is 0 Å². The van der Waals surface area contributed by atoms with Crippen LogP contribution in [0.5, 0.6) is 0 Å². The lowest BCUT2D eigenvalue weighted by Crippen LogP contribution is -2.53. The first-order valence-electron chi connectivity index (χ1n) is 12.0. The molecule has 2 unspecified atom stereocenters. The van der Waals surface area contributed by atoms with Gasteiger partial charge in [-0.25, -0.2) is 4.99 Å². The zero-order valence-electron chi connectivity index (χ0n) is 18.4. The number of rotatable bonds is 18. The van der Waals surface area contributed by atoms with Gasteiger partial charge in [0.15, 0.2) is 12.6 Å². The molecule has 1 rings (SSSR count). The summed E-state index contributed by atoms with van der Waals surface area (Å²) < 4.78 is 0.631. The van der Waals surface area contributed by atoms with Crippen molar-refractivity contribution in [1.82, 2.24) is 0 Å². The summed E-state index contributed by atoms with van der Waals surface area (Å²) >= 11 is 0. The Kier molecular flexibility index (Phi) is 14.7. The summed E-state index contributed by atoms with van der Waals surface area (Å²) in [5.41, 5.74) is 0. The largest absolute Gasteiger partial charge is 0.344 e. The number of aliphatic hydroxyl groups excluding tert-OH is 1. The quantitative estimate of drug-likeness (QED) is 0.162. The van der Waals surface area contributed by atoms with E-state index in [2.05, 4.69) is 24.1 Å². The molecular formula is C24H47N2O+. The molecule has 1 heterocycles. The third-order valence-corrected chi connectivity index (χ3v) is 6.00. The van der Waals surface area contributed by atoms with E-state index >= 15 is 0 Å². The van der Waals surface area contributed by atoms with Crippen LogP contribution in [0.2, 0.25) is 0 Å². The van der Waals surface area contributed by atoms with Crippen LogP contribution in [0.15, 0.2) is 17.1 Å². The van der Waals surface area contributed by atoms with Crippen molar-refractivity contribution in [3.63, 3.8) is 0 Å². The normalized spacial score (nSPS) is 20.7. The van der Waals surface area contributed by atoms with E-state index in [9.17, 15) is 5.11 Å². The van der Waals surface area contributed by atoms with E-state index in [1.54, 1.807) is 0 Å². The number of aliphatic imine (C=N–C) groups is 1. The van der Waals surface area contributed by atoms with Crippen molar-refractivity contribution in [3.8, 4) is 0 Å². The van der Waals surface area contributed by atoms with E-state index in [1.807, 2.05) is 13.3 Å². The number of hydrogen-bond donors (Lipinski definition) is 1. The molecule has 0 saturated carbocycles. The first-order chi connectivity index (χ1) is 13.2. The molecule has 0 bridgehead atoms. The number of allylic oxidation sites excluding steroid dienone is 1. The van der Waals surface area contributed by atoms with Crippen molar-refractivity contribution in [3.05, 3.63) is 12.2 Å². The van der Waals surface area contributed by atoms with Gasteiger partial charge in [-0.2, -0.15) is 0 Å². The monoisotopic (exact) mass is 379 g/mol. The maximum absolute atomic E-state index is 10.3. The van der Waals surface area contributed by atoms with Crippen LogP contribution in [0.4, 0.5) is 0 Å². The van der Waals surface area contributed by atoms with Crippen molar-refractivity contribution in [2.75, 3.05) is 19.6 Å². The van der Waals surface area contributed by atoms with Crippen LogP contribution >= 0.6 is 0 Å². The average Bonchev–Trinajstić information content (AvgIpc) is 3.17. The van der Waals surface area contributed by atoms with Crippen LogP contribution in [0.25, 0.3) is 0 Å². The molecule has 3 heteroatoms. The molecule has 1 aliphatic rings. The Bertz CT molecular complexity index is 394. The highest BCUT2D eigenvalue weighted by atomic mass is 16.3. The molecule has 0 aromatic rings. The van der Waals surface area contributed by atoms with E-state index < -0.39 is 0 Å². The van der Waals surface area contributed by atoms with E-state index in [1.165, 1.54) is 89.9 Å². The highest BCUT2D eigenvalue weighted by molar-refractivity contribution is 5.48. The topological polar surface area (TPSA) is 32.6 Å². The fourth-order valence-corrected chi connectivity index (χ4v) is 4.04. The first-order valence-corrected chi connectivity index (χ1v) is 12.0. The number of aliphatic hydroxyl groups is 1. The molecule has 0 spiro atoms. The Hall–Kier alpha value is -0.670. The van der Waals surface area contributed by atoms with Gasteiger partial charge < -0.3 is 5.11 Å². The number of unbranched alkanes of at least 4 members (excludes halogenated alkanes) is 13. The average molecular weight is 380 g/mol. The van der Waals surface area contributed by atoms with Crippen LogP contribution in [0.3, 0.4) is 0 Å². The summed E-state index contributed by atoms with van der Waals surface area (Å²) in [7, 11) is 0. The van der Waals surface area contributed by atoms with Crippen molar-refractivity contribution in [2.24, 2.45) is 4.99 Å². The van der Waals surface area contributed by atoms with E-state index in [4.69, 9.17) is 0 Å². The molecule has 2 atom stereocenters. The van der Waals surface area contributed by atoms with Gasteiger partial charge in [0.05, 0.1) is 6.54 Å². The van der Waals surface area contributed by atoms with Crippen LogP contribution < -0.4 is 0 Å². The lowest BCUT2D eigenvalue weighted by atomic mass is 10.0. The van der Waals surface area contributed by atoms with Gasteiger partial charge in [0.2, 0.25) is 0 Å². The summed E-state index contributed by atoms with van der Waals surface area (Å²) in [6, 6.07) is 0. The van der Waals surface area contributed by atoms with Gasteiger partial charge >= 0.3 is 0 Å². The highest BCUT2D eigenvalue weighted by Crippen LogP contribution is 2.17. The fraction of sp³-hybridized carbons (Fsp3) is 0.875. The van der Waals surface area contributed by atoms with Gasteiger partial charge in [0, 0.05) is 6.42 Å². The van der Waals surface area contributed by atoms with Crippen molar-refractivity contribution >= 4 is 6.34 Å². The van der Waals surface area contributed by atoms with Crippen molar-refractivity contribution in [1.29, 1.82) is 0 Å². The van der Waals surface area contributed by atoms with Crippen molar-refractivity contribution < 1.29 is 9.59 Å². The third kappa shape index (κ3) is 11.0. The molecule has 158 valence electrons. The molecule has 0 fully saturated rings. The van der Waals surface area contributed by atoms with E-state index in [-0.39, 0.29) is 6.23 Å². The Morgan fingerprint density at radius 3 is 1.89 bits per heavy atom. The Morgan fingerprint density at radius 2 is 1.41 bits per heavy atom. The number of quaternary nitrogens is 1. The molecule has 0 aromatic carbocycles. The summed E-state index contributed by atoms with van der Waals surface area (Å²) in [6.45, 7) is 7.02. The predicted molar refractivity (Wildman–Crippen MR) is 119 cm³/mol. The molecule has 0 radical (unpaired) electrons. The Balaban J connectivity index is 1.90. The lowest BCUT2D eigenvalue weighted by Gasteiger charge is -2.33. The minimum Gasteiger partial charge on any atom is -0.344 e. The van der Waals surface area contributed by atoms with Crippen LogP contribution in [0, 0.1) is 0 Å². The summed E-state index contributed by atoms with van der Waals surface area (Å²) in [6.07, 6.45) is 26.6. The molecular weight excluding hydrogens is 332 g/mol. The van der Waals surface area contributed by atoms with Crippen LogP contribution in [0.1, 0.15) is 110 Å². The predicted octanol–water partition coefficient (Wildman–Crippen LogP) is 6.61. The van der Waals surface area contributed by atoms with Crippen LogP contribution in [-0.2, 0) is 0 Å². The molecule has 27 heavy (non-hydrogen) atoms. The molecule has 1 N–H and O–H groups in total. The zero-order valence-corrected chi connectivity index (χ0v) is 18.4. The lowest BCUT2D eigenvalue weighted by molar-refractivity contribution is -0.874. The smallest absolute Gasteiger partial charge is 0.195 e. The molecule has 1 aliphatic heterocycles. The Morgan fingerprint density at radius 1 is 0.852 bits per heavy atom. The zero-order chi connectivity index (χ0) is 19.6. The minimum absolute atomic E-state index is 0.308. The summed E-state index contributed by atoms with van der Waals surface area (Å²) in [5, 5.41) is 10.3. The SMILES string of the molecule is CCCCCCCCCCCCCCCC=CC[N+]1(C(O)CC)C=NCC1. The molecule has 0 aromatic heterocycles. The fourth-order valence-electron chi connectivity index (χ4n) is 4.04. The van der Waals surface area contributed by atoms with Gasteiger partial charge in [-0.1, -0.05) is 97.0 Å².